The van der Waals surface area contributed by atoms with Gasteiger partial charge in [-0.1, -0.05) is 29.8 Å². The van der Waals surface area contributed by atoms with E-state index in [0.29, 0.717) is 26.5 Å². The fourth-order valence-corrected chi connectivity index (χ4v) is 3.45. The predicted molar refractivity (Wildman–Crippen MR) is 105 cm³/mol. The first-order chi connectivity index (χ1) is 12.4. The lowest BCUT2D eigenvalue weighted by Gasteiger charge is -2.15. The molecule has 0 atom stereocenters. The molecule has 0 saturated carbocycles. The number of hydrogen-bond acceptors (Lipinski definition) is 3. The van der Waals surface area contributed by atoms with Crippen LogP contribution in [0.4, 0.5) is 5.69 Å². The Labute approximate surface area is 164 Å². The lowest BCUT2D eigenvalue weighted by atomic mass is 10.1. The van der Waals surface area contributed by atoms with E-state index in [1.807, 2.05) is 19.9 Å². The lowest BCUT2D eigenvalue weighted by molar-refractivity contribution is -0.117. The van der Waals surface area contributed by atoms with Gasteiger partial charge in [-0.05, 0) is 60.1 Å². The second kappa shape index (κ2) is 7.51. The van der Waals surface area contributed by atoms with E-state index in [-0.39, 0.29) is 11.7 Å². The van der Waals surface area contributed by atoms with Crippen molar-refractivity contribution in [2.75, 3.05) is 5.01 Å². The SMILES string of the molecule is CC(C)Oc1c(Br)cc(Cl)cc1C=C1C(=O)NN(c2ccccc2)C1=O. The molecule has 1 N–H and O–H groups in total. The fourth-order valence-electron chi connectivity index (χ4n) is 2.52. The molecule has 134 valence electrons. The summed E-state index contributed by atoms with van der Waals surface area (Å²) in [4.78, 5) is 25.1. The molecule has 0 bridgehead atoms. The first-order valence-corrected chi connectivity index (χ1v) is 9.12. The minimum atomic E-state index is -0.481. The van der Waals surface area contributed by atoms with Crippen molar-refractivity contribution in [2.45, 2.75) is 20.0 Å². The molecular weight excluding hydrogens is 420 g/mol. The van der Waals surface area contributed by atoms with Crippen molar-refractivity contribution < 1.29 is 14.3 Å². The van der Waals surface area contributed by atoms with Crippen LogP contribution in [0.2, 0.25) is 5.02 Å². The van der Waals surface area contributed by atoms with Crippen LogP contribution in [0.15, 0.2) is 52.5 Å². The van der Waals surface area contributed by atoms with Gasteiger partial charge < -0.3 is 4.74 Å². The van der Waals surface area contributed by atoms with Gasteiger partial charge >= 0.3 is 0 Å². The van der Waals surface area contributed by atoms with Gasteiger partial charge in [-0.3, -0.25) is 15.0 Å². The summed E-state index contributed by atoms with van der Waals surface area (Å²) < 4.78 is 6.47. The molecule has 26 heavy (non-hydrogen) atoms. The zero-order valence-corrected chi connectivity index (χ0v) is 16.5. The largest absolute Gasteiger partial charge is 0.489 e. The number of anilines is 1. The number of hydrazine groups is 1. The Morgan fingerprint density at radius 3 is 2.54 bits per heavy atom. The van der Waals surface area contributed by atoms with E-state index in [1.165, 1.54) is 11.1 Å². The first kappa shape index (κ1) is 18.5. The van der Waals surface area contributed by atoms with Crippen LogP contribution in [-0.4, -0.2) is 17.9 Å². The minimum Gasteiger partial charge on any atom is -0.489 e. The van der Waals surface area contributed by atoms with Crippen molar-refractivity contribution in [1.82, 2.24) is 5.43 Å². The van der Waals surface area contributed by atoms with E-state index in [4.69, 9.17) is 16.3 Å². The van der Waals surface area contributed by atoms with Gasteiger partial charge in [-0.15, -0.1) is 0 Å². The van der Waals surface area contributed by atoms with E-state index >= 15 is 0 Å². The Morgan fingerprint density at radius 1 is 1.19 bits per heavy atom. The van der Waals surface area contributed by atoms with Gasteiger partial charge in [-0.25, -0.2) is 5.01 Å². The summed E-state index contributed by atoms with van der Waals surface area (Å²) in [7, 11) is 0. The number of rotatable bonds is 4. The summed E-state index contributed by atoms with van der Waals surface area (Å²) in [5.74, 6) is -0.395. The number of nitrogens with zero attached hydrogens (tertiary/aromatic N) is 1. The van der Waals surface area contributed by atoms with Gasteiger partial charge in [0.25, 0.3) is 11.8 Å². The monoisotopic (exact) mass is 434 g/mol. The molecule has 0 radical (unpaired) electrons. The van der Waals surface area contributed by atoms with Crippen LogP contribution in [0.25, 0.3) is 6.08 Å². The number of carbonyl (C=O) groups excluding carboxylic acids is 2. The number of nitrogens with one attached hydrogen (secondary N) is 1. The third-order valence-corrected chi connectivity index (χ3v) is 4.40. The van der Waals surface area contributed by atoms with E-state index < -0.39 is 11.8 Å². The number of hydrogen-bond donors (Lipinski definition) is 1. The molecule has 1 heterocycles. The molecule has 3 rings (SSSR count). The molecule has 2 aromatic carbocycles. The predicted octanol–water partition coefficient (Wildman–Crippen LogP) is 4.35. The molecule has 1 aliphatic rings. The third kappa shape index (κ3) is 3.76. The van der Waals surface area contributed by atoms with Crippen molar-refractivity contribution in [1.29, 1.82) is 0 Å². The fraction of sp³-hybridized carbons (Fsp3) is 0.158. The topological polar surface area (TPSA) is 58.6 Å². The molecule has 0 spiro atoms. The van der Waals surface area contributed by atoms with Crippen LogP contribution < -0.4 is 15.2 Å². The lowest BCUT2D eigenvalue weighted by Crippen LogP contribution is -2.35. The van der Waals surface area contributed by atoms with Crippen LogP contribution >= 0.6 is 27.5 Å². The smallest absolute Gasteiger partial charge is 0.282 e. The highest BCUT2D eigenvalue weighted by Gasteiger charge is 2.34. The summed E-state index contributed by atoms with van der Waals surface area (Å²) in [5, 5.41) is 1.68. The van der Waals surface area contributed by atoms with Gasteiger partial charge in [0.2, 0.25) is 0 Å². The maximum atomic E-state index is 12.7. The standard InChI is InChI=1S/C19H16BrClN2O3/c1-11(2)26-17-12(8-13(21)10-16(17)20)9-15-18(24)22-23(19(15)25)14-6-4-3-5-7-14/h3-11H,1-2H3,(H,22,24). The maximum Gasteiger partial charge on any atom is 0.282 e. The molecule has 2 amide bonds. The Balaban J connectivity index is 2.02. The Kier molecular flexibility index (Phi) is 5.34. The summed E-state index contributed by atoms with van der Waals surface area (Å²) in [6.45, 7) is 3.78. The quantitative estimate of drug-likeness (QED) is 0.574. The highest BCUT2D eigenvalue weighted by molar-refractivity contribution is 9.10. The Morgan fingerprint density at radius 2 is 1.88 bits per heavy atom. The van der Waals surface area contributed by atoms with E-state index in [1.54, 1.807) is 36.4 Å². The summed E-state index contributed by atoms with van der Waals surface area (Å²) in [6.07, 6.45) is 1.41. The molecular formula is C19H16BrClN2O3. The van der Waals surface area contributed by atoms with Crippen LogP contribution in [0, 0.1) is 0 Å². The number of para-hydroxylation sites is 1. The number of amides is 2. The number of halogens is 2. The van der Waals surface area contributed by atoms with E-state index in [2.05, 4.69) is 21.4 Å². The van der Waals surface area contributed by atoms with Crippen molar-refractivity contribution >= 4 is 51.1 Å². The molecule has 7 heteroatoms. The summed E-state index contributed by atoms with van der Waals surface area (Å²) in [5.41, 5.74) is 3.71. The molecule has 5 nitrogen and oxygen atoms in total. The van der Waals surface area contributed by atoms with Crippen LogP contribution in [0.1, 0.15) is 19.4 Å². The molecule has 1 saturated heterocycles. The van der Waals surface area contributed by atoms with Crippen molar-refractivity contribution in [3.05, 3.63) is 63.1 Å². The number of benzene rings is 2. The van der Waals surface area contributed by atoms with E-state index in [9.17, 15) is 9.59 Å². The van der Waals surface area contributed by atoms with Gasteiger partial charge in [0.05, 0.1) is 16.3 Å². The average molecular weight is 436 g/mol. The molecule has 0 aromatic heterocycles. The van der Waals surface area contributed by atoms with Crippen LogP contribution in [0.5, 0.6) is 5.75 Å². The minimum absolute atomic E-state index is 0.0108. The van der Waals surface area contributed by atoms with Crippen molar-refractivity contribution in [3.8, 4) is 5.75 Å². The summed E-state index contributed by atoms with van der Waals surface area (Å²) in [6, 6.07) is 12.3. The highest BCUT2D eigenvalue weighted by atomic mass is 79.9. The molecule has 0 aliphatic carbocycles. The maximum absolute atomic E-state index is 12.7. The molecule has 0 unspecified atom stereocenters. The van der Waals surface area contributed by atoms with Crippen molar-refractivity contribution in [2.24, 2.45) is 0 Å². The van der Waals surface area contributed by atoms with Gasteiger partial charge in [0, 0.05) is 10.6 Å². The molecule has 1 aliphatic heterocycles. The number of carbonyl (C=O) groups is 2. The normalized spacial score (nSPS) is 15.7. The van der Waals surface area contributed by atoms with Crippen LogP contribution in [-0.2, 0) is 9.59 Å². The van der Waals surface area contributed by atoms with Crippen LogP contribution in [0.3, 0.4) is 0 Å². The molecule has 2 aromatic rings. The average Bonchev–Trinajstić information content (AvgIpc) is 2.86. The Bertz CT molecular complexity index is 897. The second-order valence-electron chi connectivity index (χ2n) is 5.95. The second-order valence-corrected chi connectivity index (χ2v) is 7.24. The van der Waals surface area contributed by atoms with E-state index in [0.717, 1.165) is 0 Å². The van der Waals surface area contributed by atoms with Gasteiger partial charge in [-0.2, -0.15) is 0 Å². The summed E-state index contributed by atoms with van der Waals surface area (Å²) >= 11 is 9.55. The number of ether oxygens (including phenoxy) is 1. The highest BCUT2D eigenvalue weighted by Crippen LogP contribution is 2.35. The Hall–Kier alpha value is -2.31. The van der Waals surface area contributed by atoms with Gasteiger partial charge in [0.15, 0.2) is 0 Å². The molecule has 1 fully saturated rings. The van der Waals surface area contributed by atoms with Gasteiger partial charge in [0.1, 0.15) is 11.3 Å². The zero-order valence-electron chi connectivity index (χ0n) is 14.1. The van der Waals surface area contributed by atoms with Crippen molar-refractivity contribution in [3.63, 3.8) is 0 Å². The first-order valence-electron chi connectivity index (χ1n) is 7.94. The zero-order chi connectivity index (χ0) is 18.8. The third-order valence-electron chi connectivity index (χ3n) is 3.60.